The molecule has 0 radical (unpaired) electrons. The van der Waals surface area contributed by atoms with Gasteiger partial charge in [0.15, 0.2) is 0 Å². The quantitative estimate of drug-likeness (QED) is 0.684. The van der Waals surface area contributed by atoms with Gasteiger partial charge >= 0.3 is 0 Å². The SMILES string of the molecule is Cc1ccc(C23C[C@@H]4C[C@@H](CC(C(=O)N5CCN(C(=O)c6ccccc6)CC5)(C4)C2)C3)cc1. The first-order valence-corrected chi connectivity index (χ1v) is 12.7. The zero-order valence-electron chi connectivity index (χ0n) is 19.6. The number of carbonyl (C=O) groups excluding carboxylic acids is 2. The lowest BCUT2D eigenvalue weighted by Crippen LogP contribution is -2.61. The van der Waals surface area contributed by atoms with Crippen molar-refractivity contribution in [1.82, 2.24) is 9.80 Å². The Bertz CT molecular complexity index is 1040. The number of amides is 2. The molecule has 172 valence electrons. The van der Waals surface area contributed by atoms with E-state index in [1.165, 1.54) is 30.4 Å². The molecule has 4 nitrogen and oxygen atoms in total. The number of nitrogens with zero attached hydrogens (tertiary/aromatic N) is 2. The van der Waals surface area contributed by atoms with E-state index in [-0.39, 0.29) is 16.7 Å². The first-order chi connectivity index (χ1) is 16.0. The van der Waals surface area contributed by atoms with Crippen LogP contribution in [0.25, 0.3) is 0 Å². The molecule has 4 aliphatic carbocycles. The average Bonchev–Trinajstić information content (AvgIpc) is 2.83. The third-order valence-corrected chi connectivity index (χ3v) is 9.05. The van der Waals surface area contributed by atoms with Gasteiger partial charge in [0, 0.05) is 31.7 Å². The molecule has 4 heteroatoms. The number of hydrogen-bond donors (Lipinski definition) is 0. The molecule has 33 heavy (non-hydrogen) atoms. The Morgan fingerprint density at radius 1 is 0.788 bits per heavy atom. The van der Waals surface area contributed by atoms with Crippen LogP contribution in [-0.2, 0) is 10.2 Å². The molecular weight excluding hydrogens is 408 g/mol. The normalized spacial score (nSPS) is 32.8. The van der Waals surface area contributed by atoms with Gasteiger partial charge in [-0.3, -0.25) is 9.59 Å². The first-order valence-electron chi connectivity index (χ1n) is 12.7. The lowest BCUT2D eigenvalue weighted by atomic mass is 9.42. The van der Waals surface area contributed by atoms with Crippen LogP contribution in [0.2, 0.25) is 0 Å². The van der Waals surface area contributed by atoms with E-state index in [2.05, 4.69) is 36.1 Å². The summed E-state index contributed by atoms with van der Waals surface area (Å²) in [5, 5.41) is 0. The second-order valence-electron chi connectivity index (χ2n) is 11.3. The van der Waals surface area contributed by atoms with Crippen LogP contribution >= 0.6 is 0 Å². The van der Waals surface area contributed by atoms with Gasteiger partial charge in [-0.05, 0) is 80.4 Å². The van der Waals surface area contributed by atoms with Crippen molar-refractivity contribution in [3.8, 4) is 0 Å². The van der Waals surface area contributed by atoms with Crippen LogP contribution in [0.1, 0.15) is 60.0 Å². The predicted octanol–water partition coefficient (Wildman–Crippen LogP) is 4.82. The largest absolute Gasteiger partial charge is 0.339 e. The van der Waals surface area contributed by atoms with E-state index in [4.69, 9.17) is 0 Å². The highest BCUT2D eigenvalue weighted by molar-refractivity contribution is 5.94. The molecule has 2 aromatic rings. The zero-order chi connectivity index (χ0) is 22.6. The van der Waals surface area contributed by atoms with Crippen LogP contribution in [0.4, 0.5) is 0 Å². The molecule has 2 unspecified atom stereocenters. The summed E-state index contributed by atoms with van der Waals surface area (Å²) in [6, 6.07) is 18.6. The smallest absolute Gasteiger partial charge is 0.253 e. The molecule has 1 aliphatic heterocycles. The van der Waals surface area contributed by atoms with Gasteiger partial charge in [0.2, 0.25) is 5.91 Å². The highest BCUT2D eigenvalue weighted by atomic mass is 16.2. The molecule has 0 spiro atoms. The zero-order valence-corrected chi connectivity index (χ0v) is 19.6. The van der Waals surface area contributed by atoms with Crippen LogP contribution < -0.4 is 0 Å². The Morgan fingerprint density at radius 2 is 1.39 bits per heavy atom. The molecule has 1 heterocycles. The van der Waals surface area contributed by atoms with Gasteiger partial charge in [-0.1, -0.05) is 48.0 Å². The van der Waals surface area contributed by atoms with E-state index in [0.717, 1.165) is 24.8 Å². The Balaban J connectivity index is 1.19. The van der Waals surface area contributed by atoms with E-state index < -0.39 is 0 Å². The van der Waals surface area contributed by atoms with Crippen molar-refractivity contribution < 1.29 is 9.59 Å². The van der Waals surface area contributed by atoms with E-state index in [1.54, 1.807) is 0 Å². The molecule has 2 amide bonds. The Hall–Kier alpha value is -2.62. The molecular formula is C29H34N2O2. The first kappa shape index (κ1) is 20.9. The standard InChI is InChI=1S/C29H34N2O2/c1-21-7-9-25(10-8-21)28-16-22-15-23(17-28)19-29(18-22,20-28)27(33)31-13-11-30(12-14-31)26(32)24-5-3-2-4-6-24/h2-10,22-23H,11-20H2,1H3/t22-,23+,28?,29?. The van der Waals surface area contributed by atoms with Crippen molar-refractivity contribution in [1.29, 1.82) is 0 Å². The lowest BCUT2D eigenvalue weighted by Gasteiger charge is -2.62. The minimum absolute atomic E-state index is 0.0795. The summed E-state index contributed by atoms with van der Waals surface area (Å²) in [6.45, 7) is 4.73. The number of piperazine rings is 1. The number of hydrogen-bond acceptors (Lipinski definition) is 2. The van der Waals surface area contributed by atoms with Crippen LogP contribution in [0.3, 0.4) is 0 Å². The topological polar surface area (TPSA) is 40.6 Å². The van der Waals surface area contributed by atoms with Gasteiger partial charge < -0.3 is 9.80 Å². The monoisotopic (exact) mass is 442 g/mol. The molecule has 7 rings (SSSR count). The van der Waals surface area contributed by atoms with Gasteiger partial charge in [-0.2, -0.15) is 0 Å². The number of rotatable bonds is 3. The lowest BCUT2D eigenvalue weighted by molar-refractivity contribution is -0.161. The summed E-state index contributed by atoms with van der Waals surface area (Å²) in [5.74, 6) is 1.81. The van der Waals surface area contributed by atoms with Crippen molar-refractivity contribution >= 4 is 11.8 Å². The minimum Gasteiger partial charge on any atom is -0.339 e. The molecule has 2 aromatic carbocycles. The van der Waals surface area contributed by atoms with Crippen molar-refractivity contribution in [3.05, 3.63) is 71.3 Å². The summed E-state index contributed by atoms with van der Waals surface area (Å²) in [4.78, 5) is 30.9. The average molecular weight is 443 g/mol. The van der Waals surface area contributed by atoms with Gasteiger partial charge in [0.05, 0.1) is 5.41 Å². The van der Waals surface area contributed by atoms with Crippen molar-refractivity contribution in [3.63, 3.8) is 0 Å². The van der Waals surface area contributed by atoms with E-state index >= 15 is 0 Å². The second-order valence-corrected chi connectivity index (χ2v) is 11.3. The van der Waals surface area contributed by atoms with Crippen molar-refractivity contribution in [2.24, 2.45) is 17.3 Å². The van der Waals surface area contributed by atoms with Crippen LogP contribution in [0, 0.1) is 24.2 Å². The molecule has 0 N–H and O–H groups in total. The Morgan fingerprint density at radius 3 is 2.03 bits per heavy atom. The van der Waals surface area contributed by atoms with Gasteiger partial charge in [0.25, 0.3) is 5.91 Å². The maximum atomic E-state index is 14.0. The summed E-state index contributed by atoms with van der Waals surface area (Å²) in [5.41, 5.74) is 3.48. The van der Waals surface area contributed by atoms with Gasteiger partial charge in [-0.25, -0.2) is 0 Å². The van der Waals surface area contributed by atoms with Crippen LogP contribution in [0.5, 0.6) is 0 Å². The van der Waals surface area contributed by atoms with Crippen molar-refractivity contribution in [2.45, 2.75) is 50.9 Å². The Labute approximate surface area is 197 Å². The third-order valence-electron chi connectivity index (χ3n) is 9.05. The van der Waals surface area contributed by atoms with Crippen molar-refractivity contribution in [2.75, 3.05) is 26.2 Å². The minimum atomic E-state index is -0.194. The fraction of sp³-hybridized carbons (Fsp3) is 0.517. The number of carbonyl (C=O) groups is 2. The molecule has 1 saturated heterocycles. The molecule has 5 fully saturated rings. The fourth-order valence-corrected chi connectivity index (χ4v) is 7.97. The third kappa shape index (κ3) is 3.50. The van der Waals surface area contributed by atoms with E-state index in [1.807, 2.05) is 35.2 Å². The summed E-state index contributed by atoms with van der Waals surface area (Å²) < 4.78 is 0. The van der Waals surface area contributed by atoms with Gasteiger partial charge in [0.1, 0.15) is 0 Å². The summed E-state index contributed by atoms with van der Waals surface area (Å²) in [6.07, 6.45) is 6.96. The summed E-state index contributed by atoms with van der Waals surface area (Å²) >= 11 is 0. The molecule has 4 atom stereocenters. The maximum Gasteiger partial charge on any atom is 0.253 e. The Kier molecular flexibility index (Phi) is 4.90. The number of benzene rings is 2. The molecule has 4 bridgehead atoms. The predicted molar refractivity (Wildman–Crippen MR) is 129 cm³/mol. The van der Waals surface area contributed by atoms with Crippen LogP contribution in [0.15, 0.2) is 54.6 Å². The second kappa shape index (κ2) is 7.72. The molecule has 5 aliphatic rings. The molecule has 4 saturated carbocycles. The maximum absolute atomic E-state index is 14.0. The fourth-order valence-electron chi connectivity index (χ4n) is 7.97. The molecule has 0 aromatic heterocycles. The van der Waals surface area contributed by atoms with E-state index in [0.29, 0.717) is 43.9 Å². The highest BCUT2D eigenvalue weighted by Crippen LogP contribution is 2.66. The summed E-state index contributed by atoms with van der Waals surface area (Å²) in [7, 11) is 0. The van der Waals surface area contributed by atoms with Crippen LogP contribution in [-0.4, -0.2) is 47.8 Å². The van der Waals surface area contributed by atoms with Gasteiger partial charge in [-0.15, -0.1) is 0 Å². The highest BCUT2D eigenvalue weighted by Gasteiger charge is 2.61. The number of aryl methyl sites for hydroxylation is 1. The van der Waals surface area contributed by atoms with E-state index in [9.17, 15) is 9.59 Å².